The van der Waals surface area contributed by atoms with E-state index in [4.69, 9.17) is 0 Å². The van der Waals surface area contributed by atoms with Gasteiger partial charge in [-0.3, -0.25) is 4.90 Å². The first kappa shape index (κ1) is 17.4. The lowest BCUT2D eigenvalue weighted by molar-refractivity contribution is 0.164. The molecule has 0 fully saturated rings. The normalized spacial score (nSPS) is 16.6. The lowest BCUT2D eigenvalue weighted by atomic mass is 9.94. The minimum Gasteiger partial charge on any atom is -0.308 e. The van der Waals surface area contributed by atoms with Crippen LogP contribution in [0.2, 0.25) is 0 Å². The van der Waals surface area contributed by atoms with Crippen molar-refractivity contribution in [2.75, 3.05) is 40.8 Å². The Balaban J connectivity index is 4.46. The van der Waals surface area contributed by atoms with Crippen molar-refractivity contribution in [1.29, 1.82) is 5.26 Å². The molecular weight excluding hydrogens is 224 g/mol. The van der Waals surface area contributed by atoms with E-state index in [-0.39, 0.29) is 0 Å². The molecule has 0 saturated heterocycles. The first-order valence-electron chi connectivity index (χ1n) is 6.87. The standard InChI is InChI=1S/C14H30N4/c1-7-8-18(10-9-17(5)6)13(2)11-14(3,12-15)16-4/h13,16H,7-11H2,1-6H3. The van der Waals surface area contributed by atoms with E-state index in [0.717, 1.165) is 32.5 Å². The van der Waals surface area contributed by atoms with Gasteiger partial charge in [-0.2, -0.15) is 5.26 Å². The van der Waals surface area contributed by atoms with E-state index in [1.54, 1.807) is 0 Å². The molecule has 4 heteroatoms. The van der Waals surface area contributed by atoms with Gasteiger partial charge in [0.15, 0.2) is 0 Å². The van der Waals surface area contributed by atoms with Crippen LogP contribution in [0.3, 0.4) is 0 Å². The molecule has 0 aliphatic rings. The second-order valence-corrected chi connectivity index (χ2v) is 5.59. The van der Waals surface area contributed by atoms with Gasteiger partial charge in [0, 0.05) is 19.1 Å². The second-order valence-electron chi connectivity index (χ2n) is 5.59. The van der Waals surface area contributed by atoms with Crippen LogP contribution >= 0.6 is 0 Å². The zero-order valence-corrected chi connectivity index (χ0v) is 13.0. The summed E-state index contributed by atoms with van der Waals surface area (Å²) in [7, 11) is 6.06. The molecule has 0 aromatic rings. The summed E-state index contributed by atoms with van der Waals surface area (Å²) in [5, 5.41) is 12.3. The van der Waals surface area contributed by atoms with Crippen molar-refractivity contribution in [2.45, 2.75) is 45.2 Å². The predicted molar refractivity (Wildman–Crippen MR) is 77.6 cm³/mol. The van der Waals surface area contributed by atoms with E-state index in [0.29, 0.717) is 6.04 Å². The molecule has 2 unspecified atom stereocenters. The lowest BCUT2D eigenvalue weighted by Crippen LogP contribution is -2.47. The van der Waals surface area contributed by atoms with Crippen LogP contribution in [0.1, 0.15) is 33.6 Å². The van der Waals surface area contributed by atoms with Crippen molar-refractivity contribution in [1.82, 2.24) is 15.1 Å². The molecule has 0 aliphatic heterocycles. The van der Waals surface area contributed by atoms with Crippen molar-refractivity contribution >= 4 is 0 Å². The summed E-state index contributed by atoms with van der Waals surface area (Å²) in [5.74, 6) is 0. The largest absolute Gasteiger partial charge is 0.308 e. The highest BCUT2D eigenvalue weighted by Gasteiger charge is 2.26. The zero-order valence-electron chi connectivity index (χ0n) is 13.0. The number of hydrogen-bond acceptors (Lipinski definition) is 4. The Bertz CT molecular complexity index is 259. The highest BCUT2D eigenvalue weighted by molar-refractivity contribution is 5.04. The van der Waals surface area contributed by atoms with Crippen LogP contribution in [0.5, 0.6) is 0 Å². The van der Waals surface area contributed by atoms with Gasteiger partial charge < -0.3 is 10.2 Å². The fourth-order valence-corrected chi connectivity index (χ4v) is 2.09. The van der Waals surface area contributed by atoms with Crippen LogP contribution in [-0.4, -0.2) is 62.2 Å². The van der Waals surface area contributed by atoms with Crippen LogP contribution in [0.4, 0.5) is 0 Å². The smallest absolute Gasteiger partial charge is 0.105 e. The van der Waals surface area contributed by atoms with Gasteiger partial charge in [0.1, 0.15) is 5.54 Å². The molecule has 106 valence electrons. The summed E-state index contributed by atoms with van der Waals surface area (Å²) in [6.45, 7) is 9.62. The van der Waals surface area contributed by atoms with Gasteiger partial charge in [-0.1, -0.05) is 6.92 Å². The SMILES string of the molecule is CCCN(CCN(C)C)C(C)CC(C)(C#N)NC. The molecule has 0 spiro atoms. The maximum Gasteiger partial charge on any atom is 0.105 e. The fourth-order valence-electron chi connectivity index (χ4n) is 2.09. The Morgan fingerprint density at radius 3 is 2.28 bits per heavy atom. The van der Waals surface area contributed by atoms with Gasteiger partial charge in [-0.05, 0) is 54.4 Å². The third-order valence-electron chi connectivity index (χ3n) is 3.47. The van der Waals surface area contributed by atoms with Crippen LogP contribution in [-0.2, 0) is 0 Å². The molecule has 0 heterocycles. The number of hydrogen-bond donors (Lipinski definition) is 1. The van der Waals surface area contributed by atoms with Crippen LogP contribution < -0.4 is 5.32 Å². The van der Waals surface area contributed by atoms with Gasteiger partial charge in [0.05, 0.1) is 6.07 Å². The molecule has 0 bridgehead atoms. The van der Waals surface area contributed by atoms with Crippen LogP contribution in [0.25, 0.3) is 0 Å². The van der Waals surface area contributed by atoms with Gasteiger partial charge in [-0.15, -0.1) is 0 Å². The second kappa shape index (κ2) is 8.47. The van der Waals surface area contributed by atoms with Gasteiger partial charge in [0.2, 0.25) is 0 Å². The topological polar surface area (TPSA) is 42.3 Å². The van der Waals surface area contributed by atoms with Crippen LogP contribution in [0, 0.1) is 11.3 Å². The van der Waals surface area contributed by atoms with E-state index < -0.39 is 5.54 Å². The molecule has 2 atom stereocenters. The fraction of sp³-hybridized carbons (Fsp3) is 0.929. The summed E-state index contributed by atoms with van der Waals surface area (Å²) in [6.07, 6.45) is 2.01. The molecule has 1 N–H and O–H groups in total. The Morgan fingerprint density at radius 1 is 1.28 bits per heavy atom. The quantitative estimate of drug-likeness (QED) is 0.678. The Morgan fingerprint density at radius 2 is 1.89 bits per heavy atom. The van der Waals surface area contributed by atoms with Gasteiger partial charge >= 0.3 is 0 Å². The molecule has 0 saturated carbocycles. The van der Waals surface area contributed by atoms with Gasteiger partial charge in [-0.25, -0.2) is 0 Å². The Kier molecular flexibility index (Phi) is 8.17. The van der Waals surface area contributed by atoms with Gasteiger partial charge in [0.25, 0.3) is 0 Å². The highest BCUT2D eigenvalue weighted by atomic mass is 15.2. The summed E-state index contributed by atoms with van der Waals surface area (Å²) >= 11 is 0. The highest BCUT2D eigenvalue weighted by Crippen LogP contribution is 2.15. The summed E-state index contributed by atoms with van der Waals surface area (Å²) in [4.78, 5) is 4.68. The van der Waals surface area contributed by atoms with Crippen molar-refractivity contribution < 1.29 is 0 Å². The molecule has 0 amide bonds. The van der Waals surface area contributed by atoms with Crippen molar-refractivity contribution in [2.24, 2.45) is 0 Å². The minimum atomic E-state index is -0.427. The number of nitrogens with zero attached hydrogens (tertiary/aromatic N) is 3. The molecule has 4 nitrogen and oxygen atoms in total. The molecule has 0 rings (SSSR count). The van der Waals surface area contributed by atoms with E-state index in [1.165, 1.54) is 0 Å². The summed E-state index contributed by atoms with van der Waals surface area (Å²) in [5.41, 5.74) is -0.427. The van der Waals surface area contributed by atoms with E-state index in [1.807, 2.05) is 14.0 Å². The number of nitriles is 1. The molecule has 0 aromatic heterocycles. The maximum atomic E-state index is 9.22. The molecule has 0 radical (unpaired) electrons. The van der Waals surface area contributed by atoms with Crippen molar-refractivity contribution in [3.63, 3.8) is 0 Å². The molecule has 18 heavy (non-hydrogen) atoms. The van der Waals surface area contributed by atoms with Crippen molar-refractivity contribution in [3.8, 4) is 6.07 Å². The average Bonchev–Trinajstić information content (AvgIpc) is 2.33. The predicted octanol–water partition coefficient (Wildman–Crippen LogP) is 1.54. The molecule has 0 aromatic carbocycles. The Labute approximate surface area is 113 Å². The van der Waals surface area contributed by atoms with E-state index >= 15 is 0 Å². The zero-order chi connectivity index (χ0) is 14.2. The number of likely N-dealkylation sites (N-methyl/N-ethyl adjacent to an activating group) is 1. The summed E-state index contributed by atoms with van der Waals surface area (Å²) < 4.78 is 0. The average molecular weight is 254 g/mol. The lowest BCUT2D eigenvalue weighted by Gasteiger charge is -2.34. The van der Waals surface area contributed by atoms with Crippen LogP contribution in [0.15, 0.2) is 0 Å². The van der Waals surface area contributed by atoms with E-state index in [2.05, 4.69) is 49.1 Å². The van der Waals surface area contributed by atoms with Crippen molar-refractivity contribution in [3.05, 3.63) is 0 Å². The summed E-state index contributed by atoms with van der Waals surface area (Å²) in [6, 6.07) is 2.79. The number of nitrogens with one attached hydrogen (secondary N) is 1. The van der Waals surface area contributed by atoms with E-state index in [9.17, 15) is 5.26 Å². The first-order chi connectivity index (χ1) is 8.38. The maximum absolute atomic E-state index is 9.22. The monoisotopic (exact) mass is 254 g/mol. The third kappa shape index (κ3) is 6.34. The molecule has 0 aliphatic carbocycles. The minimum absolute atomic E-state index is 0.419. The Hall–Kier alpha value is -0.630. The molecular formula is C14H30N4. The number of rotatable bonds is 9. The third-order valence-corrected chi connectivity index (χ3v) is 3.47. The first-order valence-corrected chi connectivity index (χ1v) is 6.87.